The Morgan fingerprint density at radius 3 is 2.92 bits per heavy atom. The highest BCUT2D eigenvalue weighted by Gasteiger charge is 2.46. The van der Waals surface area contributed by atoms with Crippen molar-refractivity contribution in [3.63, 3.8) is 0 Å². The number of hydrogen-bond donors (Lipinski definition) is 0. The Balaban J connectivity index is 1.94. The van der Waals surface area contributed by atoms with Crippen molar-refractivity contribution in [3.8, 4) is 6.07 Å². The summed E-state index contributed by atoms with van der Waals surface area (Å²) in [7, 11) is 1.88. The summed E-state index contributed by atoms with van der Waals surface area (Å²) in [4.78, 5) is 12.6. The van der Waals surface area contributed by atoms with E-state index >= 15 is 4.39 Å². The van der Waals surface area contributed by atoms with E-state index in [1.807, 2.05) is 23.9 Å². The van der Waals surface area contributed by atoms with Gasteiger partial charge in [-0.2, -0.15) is 5.26 Å². The van der Waals surface area contributed by atoms with Crippen LogP contribution in [0.15, 0.2) is 61.3 Å². The Morgan fingerprint density at radius 2 is 2.16 bits per heavy atom. The largest absolute Gasteiger partial charge is 0.336 e. The predicted molar refractivity (Wildman–Crippen MR) is 91.8 cm³/mol. The monoisotopic (exact) mass is 331 g/mol. The lowest BCUT2D eigenvalue weighted by Gasteiger charge is -2.32. The van der Waals surface area contributed by atoms with Gasteiger partial charge in [0, 0.05) is 48.4 Å². The SMILES string of the molecule is Cn1ccc2cc(C3(F)C(c4cnccn4)=CC=CC3C#N)cnc21. The number of pyridine rings is 1. The van der Waals surface area contributed by atoms with Crippen LogP contribution in [0.3, 0.4) is 0 Å². The Hall–Kier alpha value is -3.33. The second-order valence-corrected chi connectivity index (χ2v) is 5.94. The van der Waals surface area contributed by atoms with E-state index in [0.717, 1.165) is 11.0 Å². The fourth-order valence-corrected chi connectivity index (χ4v) is 3.21. The quantitative estimate of drug-likeness (QED) is 0.722. The van der Waals surface area contributed by atoms with Gasteiger partial charge < -0.3 is 4.57 Å². The van der Waals surface area contributed by atoms with Gasteiger partial charge in [0.2, 0.25) is 0 Å². The third-order valence-corrected chi connectivity index (χ3v) is 4.49. The molecule has 0 bridgehead atoms. The molecule has 0 spiro atoms. The number of hydrogen-bond acceptors (Lipinski definition) is 4. The van der Waals surface area contributed by atoms with E-state index in [0.29, 0.717) is 16.8 Å². The number of nitriles is 1. The average Bonchev–Trinajstić information content (AvgIpc) is 3.03. The second-order valence-electron chi connectivity index (χ2n) is 5.94. The van der Waals surface area contributed by atoms with E-state index in [9.17, 15) is 5.26 Å². The molecule has 0 aliphatic heterocycles. The summed E-state index contributed by atoms with van der Waals surface area (Å²) in [6, 6.07) is 5.68. The zero-order valence-electron chi connectivity index (χ0n) is 13.5. The summed E-state index contributed by atoms with van der Waals surface area (Å²) in [5.41, 5.74) is -0.234. The Labute approximate surface area is 143 Å². The molecule has 2 unspecified atom stereocenters. The zero-order chi connectivity index (χ0) is 17.4. The van der Waals surface area contributed by atoms with Gasteiger partial charge in [0.1, 0.15) is 11.6 Å². The van der Waals surface area contributed by atoms with E-state index in [1.165, 1.54) is 24.8 Å². The van der Waals surface area contributed by atoms with Crippen LogP contribution in [0.1, 0.15) is 11.3 Å². The minimum atomic E-state index is -2.05. The average molecular weight is 331 g/mol. The van der Waals surface area contributed by atoms with Crippen LogP contribution in [-0.4, -0.2) is 19.5 Å². The van der Waals surface area contributed by atoms with Crippen molar-refractivity contribution in [2.75, 3.05) is 0 Å². The molecular formula is C19H14FN5. The maximum absolute atomic E-state index is 16.4. The van der Waals surface area contributed by atoms with Gasteiger partial charge in [-0.25, -0.2) is 9.37 Å². The maximum Gasteiger partial charge on any atom is 0.183 e. The van der Waals surface area contributed by atoms with Gasteiger partial charge in [-0.15, -0.1) is 0 Å². The first-order valence-electron chi connectivity index (χ1n) is 7.80. The van der Waals surface area contributed by atoms with Crippen LogP contribution in [0, 0.1) is 17.2 Å². The van der Waals surface area contributed by atoms with Gasteiger partial charge >= 0.3 is 0 Å². The third-order valence-electron chi connectivity index (χ3n) is 4.49. The molecule has 4 rings (SSSR count). The first-order valence-corrected chi connectivity index (χ1v) is 7.80. The van der Waals surface area contributed by atoms with E-state index in [4.69, 9.17) is 0 Å². The van der Waals surface area contributed by atoms with E-state index in [2.05, 4.69) is 21.0 Å². The minimum absolute atomic E-state index is 0.312. The van der Waals surface area contributed by atoms with Gasteiger partial charge in [-0.05, 0) is 12.1 Å². The van der Waals surface area contributed by atoms with Crippen LogP contribution >= 0.6 is 0 Å². The van der Waals surface area contributed by atoms with Crippen LogP contribution in [0.4, 0.5) is 4.39 Å². The molecule has 0 amide bonds. The summed E-state index contributed by atoms with van der Waals surface area (Å²) in [6.07, 6.45) is 12.8. The Kier molecular flexibility index (Phi) is 3.43. The van der Waals surface area contributed by atoms with Crippen molar-refractivity contribution in [2.24, 2.45) is 13.0 Å². The van der Waals surface area contributed by atoms with Crippen LogP contribution in [0.5, 0.6) is 0 Å². The van der Waals surface area contributed by atoms with Crippen molar-refractivity contribution >= 4 is 16.6 Å². The van der Waals surface area contributed by atoms with Crippen LogP contribution in [0.25, 0.3) is 16.6 Å². The molecule has 0 N–H and O–H groups in total. The fraction of sp³-hybridized carbons (Fsp3) is 0.158. The molecule has 0 saturated heterocycles. The summed E-state index contributed by atoms with van der Waals surface area (Å²) in [5.74, 6) is -0.975. The number of alkyl halides is 1. The zero-order valence-corrected chi connectivity index (χ0v) is 13.5. The van der Waals surface area contributed by atoms with Crippen molar-refractivity contribution in [1.82, 2.24) is 19.5 Å². The molecule has 3 heterocycles. The molecule has 0 aromatic carbocycles. The predicted octanol–water partition coefficient (Wildman–Crippen LogP) is 3.32. The molecule has 2 atom stereocenters. The molecule has 6 heteroatoms. The minimum Gasteiger partial charge on any atom is -0.336 e. The lowest BCUT2D eigenvalue weighted by atomic mass is 9.74. The first-order chi connectivity index (χ1) is 12.1. The number of fused-ring (bicyclic) bond motifs is 1. The number of rotatable bonds is 2. The van der Waals surface area contributed by atoms with E-state index in [-0.39, 0.29) is 0 Å². The molecule has 0 fully saturated rings. The van der Waals surface area contributed by atoms with Gasteiger partial charge in [0.15, 0.2) is 5.67 Å². The highest BCUT2D eigenvalue weighted by Crippen LogP contribution is 2.47. The summed E-state index contributed by atoms with van der Waals surface area (Å²) in [5, 5.41) is 10.4. The lowest BCUT2D eigenvalue weighted by Crippen LogP contribution is -2.32. The molecule has 1 aliphatic carbocycles. The fourth-order valence-electron chi connectivity index (χ4n) is 3.21. The molecule has 3 aromatic heterocycles. The molecule has 1 aliphatic rings. The number of aromatic nitrogens is 4. The van der Waals surface area contributed by atoms with Crippen molar-refractivity contribution in [3.05, 3.63) is 72.6 Å². The first kappa shape index (κ1) is 15.2. The lowest BCUT2D eigenvalue weighted by molar-refractivity contribution is 0.209. The molecule has 5 nitrogen and oxygen atoms in total. The maximum atomic E-state index is 16.4. The van der Waals surface area contributed by atoms with Gasteiger partial charge in [-0.3, -0.25) is 9.97 Å². The number of nitrogens with zero attached hydrogens (tertiary/aromatic N) is 5. The highest BCUT2D eigenvalue weighted by atomic mass is 19.1. The Bertz CT molecular complexity index is 1040. The summed E-state index contributed by atoms with van der Waals surface area (Å²) < 4.78 is 18.3. The van der Waals surface area contributed by atoms with Gasteiger partial charge in [-0.1, -0.05) is 18.2 Å². The molecule has 122 valence electrons. The molecule has 3 aromatic rings. The van der Waals surface area contributed by atoms with E-state index < -0.39 is 11.6 Å². The topological polar surface area (TPSA) is 67.4 Å². The molecule has 0 saturated carbocycles. The second kappa shape index (κ2) is 5.64. The smallest absolute Gasteiger partial charge is 0.183 e. The third kappa shape index (κ3) is 2.24. The van der Waals surface area contributed by atoms with Crippen molar-refractivity contribution in [1.29, 1.82) is 5.26 Å². The summed E-state index contributed by atoms with van der Waals surface area (Å²) >= 11 is 0. The Morgan fingerprint density at radius 1 is 1.28 bits per heavy atom. The highest BCUT2D eigenvalue weighted by molar-refractivity contribution is 5.80. The number of allylic oxidation sites excluding steroid dienone is 4. The normalized spacial score (nSPS) is 22.6. The summed E-state index contributed by atoms with van der Waals surface area (Å²) in [6.45, 7) is 0. The standard InChI is InChI=1S/C19H14FN5/c1-25-8-5-13-9-15(11-24-18(13)25)19(20)14(10-21)3-2-4-16(19)17-12-22-6-7-23-17/h2-9,11-12,14H,1H3. The van der Waals surface area contributed by atoms with Crippen LogP contribution in [-0.2, 0) is 12.7 Å². The number of halogens is 1. The van der Waals surface area contributed by atoms with E-state index in [1.54, 1.807) is 24.3 Å². The van der Waals surface area contributed by atoms with Crippen LogP contribution < -0.4 is 0 Å². The molecule has 0 radical (unpaired) electrons. The van der Waals surface area contributed by atoms with Gasteiger partial charge in [0.25, 0.3) is 0 Å². The van der Waals surface area contributed by atoms with Crippen molar-refractivity contribution in [2.45, 2.75) is 5.67 Å². The molecule has 25 heavy (non-hydrogen) atoms. The van der Waals surface area contributed by atoms with Crippen molar-refractivity contribution < 1.29 is 4.39 Å². The molecular weight excluding hydrogens is 317 g/mol. The van der Waals surface area contributed by atoms with Gasteiger partial charge in [0.05, 0.1) is 18.0 Å². The van der Waals surface area contributed by atoms with Crippen LogP contribution in [0.2, 0.25) is 0 Å². The number of aryl methyl sites for hydroxylation is 1.